The smallest absolute Gasteiger partial charge is 0.337 e. The van der Waals surface area contributed by atoms with Crippen molar-refractivity contribution in [3.05, 3.63) is 41.5 Å². The van der Waals surface area contributed by atoms with Crippen LogP contribution in [-0.2, 0) is 0 Å². The van der Waals surface area contributed by atoms with Gasteiger partial charge in [-0.1, -0.05) is 0 Å². The molecule has 23 heavy (non-hydrogen) atoms. The summed E-state index contributed by atoms with van der Waals surface area (Å²) in [5, 5.41) is 39.6. The van der Waals surface area contributed by atoms with Gasteiger partial charge in [-0.25, -0.2) is 4.79 Å². The Morgan fingerprint density at radius 1 is 1.04 bits per heavy atom. The molecule has 8 nitrogen and oxygen atoms in total. The molecule has 0 heterocycles. The van der Waals surface area contributed by atoms with Gasteiger partial charge < -0.3 is 30.5 Å². The summed E-state index contributed by atoms with van der Waals surface area (Å²) in [7, 11) is 1.38. The molecule has 5 N–H and O–H groups in total. The zero-order chi connectivity index (χ0) is 17.1. The molecular formula is C15H13NO7. The standard InChI is InChI=1S/C15H13NO7/c1-23-8-2-3-10(9(6-8)15(21)22)16-14(20)7-4-11(17)13(19)12(18)5-7/h2-6,17-19H,1H3,(H,16,20)(H,21,22). The van der Waals surface area contributed by atoms with Crippen LogP contribution in [-0.4, -0.2) is 39.4 Å². The summed E-state index contributed by atoms with van der Waals surface area (Å²) < 4.78 is 4.92. The van der Waals surface area contributed by atoms with Crippen LogP contribution in [0, 0.1) is 0 Å². The highest BCUT2D eigenvalue weighted by molar-refractivity contribution is 6.08. The number of aromatic carboxylic acids is 1. The van der Waals surface area contributed by atoms with Crippen molar-refractivity contribution in [2.45, 2.75) is 0 Å². The van der Waals surface area contributed by atoms with Gasteiger partial charge in [0.1, 0.15) is 5.75 Å². The van der Waals surface area contributed by atoms with Gasteiger partial charge in [0, 0.05) is 5.56 Å². The fraction of sp³-hybridized carbons (Fsp3) is 0.0667. The summed E-state index contributed by atoms with van der Waals surface area (Å²) in [6.45, 7) is 0. The number of benzene rings is 2. The van der Waals surface area contributed by atoms with Crippen molar-refractivity contribution in [1.82, 2.24) is 0 Å². The van der Waals surface area contributed by atoms with E-state index in [1.807, 2.05) is 0 Å². The summed E-state index contributed by atoms with van der Waals surface area (Å²) in [6, 6.07) is 5.93. The topological polar surface area (TPSA) is 136 Å². The van der Waals surface area contributed by atoms with Crippen LogP contribution in [0.25, 0.3) is 0 Å². The van der Waals surface area contributed by atoms with Crippen molar-refractivity contribution < 1.29 is 34.8 Å². The molecule has 0 saturated carbocycles. The molecule has 0 aliphatic rings. The minimum atomic E-state index is -1.27. The van der Waals surface area contributed by atoms with E-state index in [1.54, 1.807) is 0 Å². The summed E-state index contributed by atoms with van der Waals surface area (Å²) in [6.07, 6.45) is 0. The van der Waals surface area contributed by atoms with Crippen LogP contribution in [0.15, 0.2) is 30.3 Å². The molecule has 0 bridgehead atoms. The molecule has 0 saturated heterocycles. The van der Waals surface area contributed by atoms with E-state index in [4.69, 9.17) is 4.74 Å². The molecule has 1 amide bonds. The highest BCUT2D eigenvalue weighted by Gasteiger charge is 2.17. The van der Waals surface area contributed by atoms with Gasteiger partial charge >= 0.3 is 5.97 Å². The van der Waals surface area contributed by atoms with Gasteiger partial charge in [0.05, 0.1) is 18.4 Å². The monoisotopic (exact) mass is 319 g/mol. The van der Waals surface area contributed by atoms with Gasteiger partial charge in [-0.05, 0) is 30.3 Å². The van der Waals surface area contributed by atoms with E-state index in [2.05, 4.69) is 5.32 Å². The molecule has 0 aromatic heterocycles. The quantitative estimate of drug-likeness (QED) is 0.542. The van der Waals surface area contributed by atoms with E-state index in [-0.39, 0.29) is 16.8 Å². The number of carboxylic acid groups (broad SMARTS) is 1. The molecule has 2 aromatic carbocycles. The Bertz CT molecular complexity index is 762. The molecule has 0 radical (unpaired) electrons. The molecule has 0 spiro atoms. The maximum atomic E-state index is 12.1. The predicted molar refractivity (Wildman–Crippen MR) is 79.3 cm³/mol. The first-order valence-electron chi connectivity index (χ1n) is 6.31. The average molecular weight is 319 g/mol. The molecular weight excluding hydrogens is 306 g/mol. The molecule has 0 aliphatic carbocycles. The van der Waals surface area contributed by atoms with Crippen molar-refractivity contribution in [2.75, 3.05) is 12.4 Å². The zero-order valence-corrected chi connectivity index (χ0v) is 11.9. The van der Waals surface area contributed by atoms with E-state index in [0.29, 0.717) is 5.75 Å². The summed E-state index contributed by atoms with van der Waals surface area (Å²) in [5.74, 6) is -3.84. The maximum Gasteiger partial charge on any atom is 0.337 e. The highest BCUT2D eigenvalue weighted by atomic mass is 16.5. The van der Waals surface area contributed by atoms with Crippen LogP contribution < -0.4 is 10.1 Å². The normalized spacial score (nSPS) is 10.1. The van der Waals surface area contributed by atoms with E-state index >= 15 is 0 Å². The molecule has 8 heteroatoms. The van der Waals surface area contributed by atoms with E-state index in [1.165, 1.54) is 25.3 Å². The Labute approximate surface area is 130 Å². The average Bonchev–Trinajstić information content (AvgIpc) is 2.52. The molecule has 2 rings (SSSR count). The fourth-order valence-electron chi connectivity index (χ4n) is 1.87. The first kappa shape index (κ1) is 16.0. The number of rotatable bonds is 4. The van der Waals surface area contributed by atoms with E-state index < -0.39 is 29.1 Å². The second-order valence-electron chi connectivity index (χ2n) is 4.53. The third-order valence-electron chi connectivity index (χ3n) is 3.04. The predicted octanol–water partition coefficient (Wildman–Crippen LogP) is 1.76. The van der Waals surface area contributed by atoms with Crippen molar-refractivity contribution in [1.29, 1.82) is 0 Å². The van der Waals surface area contributed by atoms with Crippen molar-refractivity contribution in [3.63, 3.8) is 0 Å². The Kier molecular flexibility index (Phi) is 4.26. The molecule has 120 valence electrons. The third kappa shape index (κ3) is 3.26. The van der Waals surface area contributed by atoms with Crippen molar-refractivity contribution in [2.24, 2.45) is 0 Å². The van der Waals surface area contributed by atoms with Gasteiger partial charge in [-0.2, -0.15) is 0 Å². The number of ether oxygens (including phenoxy) is 1. The van der Waals surface area contributed by atoms with E-state index in [9.17, 15) is 30.0 Å². The SMILES string of the molecule is COc1ccc(NC(=O)c2cc(O)c(O)c(O)c2)c(C(=O)O)c1. The maximum absolute atomic E-state index is 12.1. The molecule has 0 atom stereocenters. The largest absolute Gasteiger partial charge is 0.504 e. The van der Waals surface area contributed by atoms with Gasteiger partial charge in [0.2, 0.25) is 0 Å². The minimum absolute atomic E-state index is 0.00959. The number of hydrogen-bond acceptors (Lipinski definition) is 6. The molecule has 0 unspecified atom stereocenters. The lowest BCUT2D eigenvalue weighted by Gasteiger charge is -2.11. The Balaban J connectivity index is 2.35. The molecule has 0 aliphatic heterocycles. The number of phenols is 3. The number of amides is 1. The van der Waals surface area contributed by atoms with Crippen LogP contribution in [0.3, 0.4) is 0 Å². The Morgan fingerprint density at radius 3 is 2.17 bits per heavy atom. The number of aromatic hydroxyl groups is 3. The molecule has 2 aromatic rings. The zero-order valence-electron chi connectivity index (χ0n) is 11.9. The third-order valence-corrected chi connectivity index (χ3v) is 3.04. The number of carboxylic acids is 1. The van der Waals surface area contributed by atoms with Gasteiger partial charge in [0.15, 0.2) is 17.2 Å². The van der Waals surface area contributed by atoms with Crippen LogP contribution in [0.4, 0.5) is 5.69 Å². The first-order valence-corrected chi connectivity index (χ1v) is 6.31. The van der Waals surface area contributed by atoms with Crippen molar-refractivity contribution in [3.8, 4) is 23.0 Å². The number of carbonyl (C=O) groups excluding carboxylic acids is 1. The fourth-order valence-corrected chi connectivity index (χ4v) is 1.87. The second kappa shape index (κ2) is 6.14. The van der Waals surface area contributed by atoms with Gasteiger partial charge in [-0.15, -0.1) is 0 Å². The summed E-state index contributed by atoms with van der Waals surface area (Å²) >= 11 is 0. The van der Waals surface area contributed by atoms with Crippen LogP contribution in [0.2, 0.25) is 0 Å². The van der Waals surface area contributed by atoms with Crippen LogP contribution in [0.5, 0.6) is 23.0 Å². The number of phenolic OH excluding ortho intramolecular Hbond substituents is 3. The van der Waals surface area contributed by atoms with Gasteiger partial charge in [0.25, 0.3) is 5.91 Å². The van der Waals surface area contributed by atoms with Gasteiger partial charge in [-0.3, -0.25) is 4.79 Å². The van der Waals surface area contributed by atoms with E-state index in [0.717, 1.165) is 12.1 Å². The molecule has 0 fully saturated rings. The number of methoxy groups -OCH3 is 1. The number of nitrogens with one attached hydrogen (secondary N) is 1. The lowest BCUT2D eigenvalue weighted by atomic mass is 10.1. The summed E-state index contributed by atoms with van der Waals surface area (Å²) in [4.78, 5) is 23.4. The number of anilines is 1. The lowest BCUT2D eigenvalue weighted by Crippen LogP contribution is -2.15. The number of hydrogen-bond donors (Lipinski definition) is 5. The number of carbonyl (C=O) groups is 2. The summed E-state index contributed by atoms with van der Waals surface area (Å²) in [5.41, 5.74) is -0.342. The van der Waals surface area contributed by atoms with Crippen LogP contribution in [0.1, 0.15) is 20.7 Å². The minimum Gasteiger partial charge on any atom is -0.504 e. The van der Waals surface area contributed by atoms with Crippen molar-refractivity contribution >= 4 is 17.6 Å². The first-order chi connectivity index (χ1) is 10.8. The lowest BCUT2D eigenvalue weighted by molar-refractivity contribution is 0.0697. The van der Waals surface area contributed by atoms with Crippen LogP contribution >= 0.6 is 0 Å². The Hall–Kier alpha value is -3.42. The Morgan fingerprint density at radius 2 is 1.65 bits per heavy atom. The second-order valence-corrected chi connectivity index (χ2v) is 4.53. The highest BCUT2D eigenvalue weighted by Crippen LogP contribution is 2.35.